The Kier molecular flexibility index (Phi) is 6.02. The lowest BCUT2D eigenvalue weighted by Gasteiger charge is -2.37. The minimum Gasteiger partial charge on any atom is -0.367 e. The second-order valence-electron chi connectivity index (χ2n) is 8.97. The fourth-order valence-electron chi connectivity index (χ4n) is 4.35. The molecule has 1 fully saturated rings. The van der Waals surface area contributed by atoms with E-state index in [1.165, 1.54) is 0 Å². The molecule has 33 heavy (non-hydrogen) atoms. The van der Waals surface area contributed by atoms with E-state index in [1.54, 1.807) is 0 Å². The van der Waals surface area contributed by atoms with Crippen molar-refractivity contribution in [3.05, 3.63) is 23.8 Å². The van der Waals surface area contributed by atoms with Crippen molar-refractivity contribution in [2.75, 3.05) is 34.4 Å². The Balaban J connectivity index is 1.33. The molecule has 1 amide bonds. The molecule has 0 unspecified atom stereocenters. The highest BCUT2D eigenvalue weighted by atomic mass is 19.4. The Morgan fingerprint density at radius 3 is 2.64 bits per heavy atom. The first-order valence-corrected chi connectivity index (χ1v) is 10.8. The van der Waals surface area contributed by atoms with Gasteiger partial charge < -0.3 is 20.9 Å². The van der Waals surface area contributed by atoms with E-state index in [0.29, 0.717) is 35.6 Å². The van der Waals surface area contributed by atoms with Crippen molar-refractivity contribution in [1.82, 2.24) is 19.9 Å². The van der Waals surface area contributed by atoms with Gasteiger partial charge in [0, 0.05) is 25.7 Å². The number of hydrogen-bond donors (Lipinski definition) is 3. The SMILES string of the molecule is Cc1nc(NCC2CC(Nc3cc(C(F)(F)F)ncn3)C2)nc2c1NC(=O)[C@H](C(C)C)N2C. The quantitative estimate of drug-likeness (QED) is 0.598. The monoisotopic (exact) mass is 464 g/mol. The first-order chi connectivity index (χ1) is 15.5. The smallest absolute Gasteiger partial charge is 0.367 e. The van der Waals surface area contributed by atoms with Gasteiger partial charge in [0.05, 0.1) is 5.69 Å². The molecule has 9 nitrogen and oxygen atoms in total. The van der Waals surface area contributed by atoms with Crippen molar-refractivity contribution in [3.8, 4) is 0 Å². The predicted octanol–water partition coefficient (Wildman–Crippen LogP) is 3.31. The second kappa shape index (κ2) is 8.64. The Morgan fingerprint density at radius 2 is 1.97 bits per heavy atom. The van der Waals surface area contributed by atoms with Gasteiger partial charge >= 0.3 is 6.18 Å². The number of nitrogens with zero attached hydrogens (tertiary/aromatic N) is 5. The molecule has 2 aliphatic rings. The van der Waals surface area contributed by atoms with Gasteiger partial charge in [-0.1, -0.05) is 13.8 Å². The van der Waals surface area contributed by atoms with Gasteiger partial charge in [-0.3, -0.25) is 4.79 Å². The standard InChI is InChI=1S/C21H27F3N8O/c1-10(2)17-19(33)30-16-11(3)28-20(31-18(16)32(17)4)25-8-12-5-13(6-12)29-15-7-14(21(22,23)24)26-9-27-15/h7,9-10,12-13,17H,5-6,8H2,1-4H3,(H,30,33)(H,25,28,31)(H,26,27,29)/t12?,13?,17-/m0/s1. The molecule has 0 radical (unpaired) electrons. The number of aromatic nitrogens is 4. The van der Waals surface area contributed by atoms with Crippen LogP contribution in [-0.2, 0) is 11.0 Å². The van der Waals surface area contributed by atoms with E-state index in [4.69, 9.17) is 0 Å². The van der Waals surface area contributed by atoms with Crippen LogP contribution in [0.4, 0.5) is 36.4 Å². The average molecular weight is 464 g/mol. The first kappa shape index (κ1) is 23.0. The molecule has 178 valence electrons. The maximum absolute atomic E-state index is 12.8. The minimum absolute atomic E-state index is 0.0483. The summed E-state index contributed by atoms with van der Waals surface area (Å²) < 4.78 is 38.4. The van der Waals surface area contributed by atoms with Crippen LogP contribution in [0.5, 0.6) is 0 Å². The maximum atomic E-state index is 12.8. The lowest BCUT2D eigenvalue weighted by molar-refractivity contribution is -0.141. The van der Waals surface area contributed by atoms with Crippen molar-refractivity contribution >= 4 is 29.2 Å². The van der Waals surface area contributed by atoms with Crippen LogP contribution in [0.1, 0.15) is 38.1 Å². The number of nitrogens with one attached hydrogen (secondary N) is 3. The summed E-state index contributed by atoms with van der Waals surface area (Å²) in [5.41, 5.74) is 0.349. The Morgan fingerprint density at radius 1 is 1.24 bits per heavy atom. The molecule has 2 aromatic rings. The van der Waals surface area contributed by atoms with Crippen LogP contribution in [0.15, 0.2) is 12.4 Å². The van der Waals surface area contributed by atoms with Crippen LogP contribution in [0, 0.1) is 18.8 Å². The zero-order valence-corrected chi connectivity index (χ0v) is 18.9. The molecular weight excluding hydrogens is 437 g/mol. The Hall–Kier alpha value is -3.18. The molecule has 1 aliphatic heterocycles. The predicted molar refractivity (Wildman–Crippen MR) is 118 cm³/mol. The zero-order valence-electron chi connectivity index (χ0n) is 18.9. The van der Waals surface area contributed by atoms with Gasteiger partial charge in [0.15, 0.2) is 5.82 Å². The van der Waals surface area contributed by atoms with Crippen LogP contribution in [0.2, 0.25) is 0 Å². The Bertz CT molecular complexity index is 1040. The number of hydrogen-bond acceptors (Lipinski definition) is 8. The molecule has 0 spiro atoms. The van der Waals surface area contributed by atoms with Crippen LogP contribution in [-0.4, -0.2) is 51.5 Å². The third kappa shape index (κ3) is 4.79. The summed E-state index contributed by atoms with van der Waals surface area (Å²) in [5, 5.41) is 9.22. The van der Waals surface area contributed by atoms with Crippen molar-refractivity contribution in [3.63, 3.8) is 0 Å². The highest BCUT2D eigenvalue weighted by Gasteiger charge is 2.36. The molecule has 3 N–H and O–H groups in total. The molecule has 1 atom stereocenters. The third-order valence-electron chi connectivity index (χ3n) is 6.06. The number of fused-ring (bicyclic) bond motifs is 1. The zero-order chi connectivity index (χ0) is 23.9. The highest BCUT2D eigenvalue weighted by molar-refractivity contribution is 6.03. The van der Waals surface area contributed by atoms with Gasteiger partial charge in [0.1, 0.15) is 29.6 Å². The molecule has 0 bridgehead atoms. The molecule has 4 rings (SSSR count). The highest BCUT2D eigenvalue weighted by Crippen LogP contribution is 2.35. The summed E-state index contributed by atoms with van der Waals surface area (Å²) in [4.78, 5) is 30.6. The number of halogens is 3. The fourth-order valence-corrected chi connectivity index (χ4v) is 4.35. The number of rotatable bonds is 6. The van der Waals surface area contributed by atoms with Crippen molar-refractivity contribution in [2.24, 2.45) is 11.8 Å². The summed E-state index contributed by atoms with van der Waals surface area (Å²) in [5.74, 6) is 1.72. The number of aryl methyl sites for hydroxylation is 1. The van der Waals surface area contributed by atoms with Crippen LogP contribution < -0.4 is 20.9 Å². The van der Waals surface area contributed by atoms with E-state index >= 15 is 0 Å². The third-order valence-corrected chi connectivity index (χ3v) is 6.06. The normalized spacial score (nSPS) is 22.5. The van der Waals surface area contributed by atoms with Gasteiger partial charge in [-0.2, -0.15) is 18.2 Å². The van der Waals surface area contributed by atoms with E-state index in [-0.39, 0.29) is 29.7 Å². The average Bonchev–Trinajstić information content (AvgIpc) is 2.70. The number of anilines is 4. The molecule has 3 heterocycles. The molecule has 1 aliphatic carbocycles. The molecule has 0 saturated heterocycles. The molecule has 0 aromatic carbocycles. The van der Waals surface area contributed by atoms with Crippen molar-refractivity contribution in [1.29, 1.82) is 0 Å². The summed E-state index contributed by atoms with van der Waals surface area (Å²) >= 11 is 0. The van der Waals surface area contributed by atoms with Gasteiger partial charge in [-0.05, 0) is 31.6 Å². The van der Waals surface area contributed by atoms with E-state index < -0.39 is 11.9 Å². The number of likely N-dealkylation sites (N-methyl/N-ethyl adjacent to an activating group) is 1. The molecule has 12 heteroatoms. The van der Waals surface area contributed by atoms with Crippen molar-refractivity contribution in [2.45, 2.75) is 51.9 Å². The van der Waals surface area contributed by atoms with Crippen LogP contribution in [0.3, 0.4) is 0 Å². The lowest BCUT2D eigenvalue weighted by Crippen LogP contribution is -2.49. The van der Waals surface area contributed by atoms with Crippen LogP contribution in [0.25, 0.3) is 0 Å². The topological polar surface area (TPSA) is 108 Å². The van der Waals surface area contributed by atoms with Gasteiger partial charge in [-0.25, -0.2) is 15.0 Å². The van der Waals surface area contributed by atoms with E-state index in [9.17, 15) is 18.0 Å². The number of alkyl halides is 3. The maximum Gasteiger partial charge on any atom is 0.433 e. The number of amides is 1. The van der Waals surface area contributed by atoms with Gasteiger partial charge in [-0.15, -0.1) is 0 Å². The largest absolute Gasteiger partial charge is 0.433 e. The molecule has 2 aromatic heterocycles. The fraction of sp³-hybridized carbons (Fsp3) is 0.571. The lowest BCUT2D eigenvalue weighted by atomic mass is 9.80. The Labute approximate surface area is 189 Å². The van der Waals surface area contributed by atoms with E-state index in [2.05, 4.69) is 35.9 Å². The minimum atomic E-state index is -4.50. The number of carbonyl (C=O) groups excluding carboxylic acids is 1. The van der Waals surface area contributed by atoms with Crippen molar-refractivity contribution < 1.29 is 18.0 Å². The molecular formula is C21H27F3N8O. The summed E-state index contributed by atoms with van der Waals surface area (Å²) in [6.45, 7) is 6.45. The molecule has 1 saturated carbocycles. The number of carbonyl (C=O) groups is 1. The van der Waals surface area contributed by atoms with Gasteiger partial charge in [0.25, 0.3) is 0 Å². The first-order valence-electron chi connectivity index (χ1n) is 10.8. The van der Waals surface area contributed by atoms with Gasteiger partial charge in [0.2, 0.25) is 11.9 Å². The summed E-state index contributed by atoms with van der Waals surface area (Å²) in [6.07, 6.45) is -2.01. The van der Waals surface area contributed by atoms with E-state index in [0.717, 1.165) is 25.2 Å². The van der Waals surface area contributed by atoms with E-state index in [1.807, 2.05) is 32.7 Å². The second-order valence-corrected chi connectivity index (χ2v) is 8.97. The summed E-state index contributed by atoms with van der Waals surface area (Å²) in [7, 11) is 1.86. The summed E-state index contributed by atoms with van der Waals surface area (Å²) in [6, 6.07) is 0.666. The van der Waals surface area contributed by atoms with Crippen LogP contribution >= 0.6 is 0 Å².